The number of alkyl halides is 4. The summed E-state index contributed by atoms with van der Waals surface area (Å²) in [5, 5.41) is 9.56. The number of amides is 2. The molecule has 2 amide bonds. The lowest BCUT2D eigenvalue weighted by molar-refractivity contribution is -0.144. The number of hydrogen-bond acceptors (Lipinski definition) is 3. The lowest BCUT2D eigenvalue weighted by Crippen LogP contribution is -2.49. The van der Waals surface area contributed by atoms with Crippen LogP contribution in [0.5, 0.6) is 0 Å². The fraction of sp³-hybridized carbons (Fsp3) is 0.733. The number of halogens is 6. The Bertz CT molecular complexity index is 741. The van der Waals surface area contributed by atoms with Crippen LogP contribution in [0.3, 0.4) is 0 Å². The molecular weight excluding hydrogens is 455 g/mol. The Morgan fingerprint density at radius 1 is 1.08 bits per heavy atom. The van der Waals surface area contributed by atoms with Crippen LogP contribution in [0.2, 0.25) is 0 Å². The Kier molecular flexibility index (Phi) is 4.04. The predicted molar refractivity (Wildman–Crippen MR) is 97.0 cm³/mol. The fourth-order valence-corrected chi connectivity index (χ4v) is 8.62. The van der Waals surface area contributed by atoms with Gasteiger partial charge in [-0.25, -0.2) is 0 Å². The summed E-state index contributed by atoms with van der Waals surface area (Å²) in [6, 6.07) is 0. The number of carbonyl (C=O) groups is 2. The molecule has 0 spiro atoms. The molecule has 1 heterocycles. The molecule has 3 aliphatic carbocycles. The van der Waals surface area contributed by atoms with Gasteiger partial charge in [0, 0.05) is 0 Å². The molecule has 1 saturated heterocycles. The van der Waals surface area contributed by atoms with E-state index in [0.717, 1.165) is 4.90 Å². The molecule has 25 heavy (non-hydrogen) atoms. The van der Waals surface area contributed by atoms with E-state index in [0.29, 0.717) is 0 Å². The van der Waals surface area contributed by atoms with Crippen LogP contribution in [0.4, 0.5) is 0 Å². The topological polar surface area (TPSA) is 57.6 Å². The lowest BCUT2D eigenvalue weighted by atomic mass is 9.60. The molecule has 7 atom stereocenters. The van der Waals surface area contributed by atoms with E-state index in [1.807, 2.05) is 6.92 Å². The van der Waals surface area contributed by atoms with Crippen molar-refractivity contribution in [3.63, 3.8) is 0 Å². The number of aliphatic hydroxyl groups is 1. The van der Waals surface area contributed by atoms with Crippen molar-refractivity contribution in [1.82, 2.24) is 4.90 Å². The monoisotopic (exact) mass is 465 g/mol. The molecule has 4 rings (SSSR count). The molecule has 4 aliphatic rings. The van der Waals surface area contributed by atoms with Crippen LogP contribution >= 0.6 is 69.6 Å². The van der Waals surface area contributed by atoms with E-state index < -0.39 is 56.3 Å². The van der Waals surface area contributed by atoms with E-state index >= 15 is 0 Å². The summed E-state index contributed by atoms with van der Waals surface area (Å²) in [4.78, 5) is 23.1. The zero-order valence-corrected chi connectivity index (χ0v) is 17.3. The van der Waals surface area contributed by atoms with Gasteiger partial charge in [0.25, 0.3) is 0 Å². The van der Waals surface area contributed by atoms with Gasteiger partial charge in [0.2, 0.25) is 11.8 Å². The van der Waals surface area contributed by atoms with E-state index in [-0.39, 0.29) is 22.4 Å². The van der Waals surface area contributed by atoms with E-state index in [1.165, 1.54) is 0 Å². The molecule has 0 radical (unpaired) electrons. The van der Waals surface area contributed by atoms with Crippen LogP contribution in [0, 0.1) is 29.6 Å². The van der Waals surface area contributed by atoms with Crippen LogP contribution in [-0.2, 0) is 9.59 Å². The van der Waals surface area contributed by atoms with Crippen LogP contribution < -0.4 is 0 Å². The summed E-state index contributed by atoms with van der Waals surface area (Å²) >= 11 is 39.6. The third-order valence-corrected chi connectivity index (χ3v) is 10.8. The fourth-order valence-electron chi connectivity index (χ4n) is 5.46. The average Bonchev–Trinajstić information content (AvgIpc) is 2.91. The number of imide groups is 1. The van der Waals surface area contributed by atoms with Crippen LogP contribution in [0.25, 0.3) is 0 Å². The second-order valence-corrected chi connectivity index (χ2v) is 10.5. The molecule has 0 aromatic carbocycles. The Hall–Kier alpha value is 0.580. The highest BCUT2D eigenvalue weighted by Gasteiger charge is 2.84. The summed E-state index contributed by atoms with van der Waals surface area (Å²) in [6.45, 7) is 1.16. The second kappa shape index (κ2) is 5.34. The van der Waals surface area contributed by atoms with Gasteiger partial charge in [0.1, 0.15) is 16.5 Å². The summed E-state index contributed by atoms with van der Waals surface area (Å²) < 4.78 is -1.68. The first-order chi connectivity index (χ1) is 11.5. The third-order valence-electron chi connectivity index (χ3n) is 6.50. The summed E-state index contributed by atoms with van der Waals surface area (Å²) in [6.07, 6.45) is 0.250. The Labute approximate surface area is 174 Å². The van der Waals surface area contributed by atoms with Gasteiger partial charge in [-0.15, -0.1) is 23.2 Å². The largest absolute Gasteiger partial charge is 0.376 e. The zero-order chi connectivity index (χ0) is 18.7. The van der Waals surface area contributed by atoms with Gasteiger partial charge in [0.05, 0.1) is 21.9 Å². The normalized spacial score (nSPS) is 50.6. The van der Waals surface area contributed by atoms with Crippen LogP contribution in [-0.4, -0.2) is 42.6 Å². The highest BCUT2D eigenvalue weighted by molar-refractivity contribution is 6.65. The molecule has 2 saturated carbocycles. The molecule has 7 unspecified atom stereocenters. The highest BCUT2D eigenvalue weighted by atomic mass is 35.5. The van der Waals surface area contributed by atoms with Gasteiger partial charge in [-0.3, -0.25) is 14.5 Å². The lowest BCUT2D eigenvalue weighted by Gasteiger charge is -2.47. The first-order valence-electron chi connectivity index (χ1n) is 7.75. The minimum Gasteiger partial charge on any atom is -0.376 e. The van der Waals surface area contributed by atoms with Crippen molar-refractivity contribution in [2.24, 2.45) is 29.6 Å². The Morgan fingerprint density at radius 3 is 2.20 bits per heavy atom. The molecule has 10 heteroatoms. The van der Waals surface area contributed by atoms with E-state index in [1.54, 1.807) is 0 Å². The molecule has 138 valence electrons. The van der Waals surface area contributed by atoms with E-state index in [9.17, 15) is 14.7 Å². The molecule has 0 aromatic heterocycles. The van der Waals surface area contributed by atoms with Crippen molar-refractivity contribution in [1.29, 1.82) is 0 Å². The average molecular weight is 468 g/mol. The Balaban J connectivity index is 1.88. The minimum atomic E-state index is -1.68. The number of allylic oxidation sites excluding steroid dienone is 2. The standard InChI is InChI=1S/C15H13Cl6NO3/c1-4-7-5(11(24)22(3-23)12(7)25)2-6-8(4)14(19)10(17)9(16)13(6,18)15(14,20)21/h4-8,23H,2-3H2,1H3. The summed E-state index contributed by atoms with van der Waals surface area (Å²) in [7, 11) is 0. The maximum atomic E-state index is 12.6. The van der Waals surface area contributed by atoms with Gasteiger partial charge >= 0.3 is 0 Å². The van der Waals surface area contributed by atoms with E-state index in [2.05, 4.69) is 0 Å². The van der Waals surface area contributed by atoms with Crippen molar-refractivity contribution >= 4 is 81.4 Å². The molecule has 0 aromatic rings. The van der Waals surface area contributed by atoms with Gasteiger partial charge < -0.3 is 5.11 Å². The van der Waals surface area contributed by atoms with Crippen LogP contribution in [0.15, 0.2) is 10.1 Å². The van der Waals surface area contributed by atoms with E-state index in [4.69, 9.17) is 69.6 Å². The molecule has 4 nitrogen and oxygen atoms in total. The number of likely N-dealkylation sites (tertiary alicyclic amines) is 1. The predicted octanol–water partition coefficient (Wildman–Crippen LogP) is 3.66. The highest BCUT2D eigenvalue weighted by Crippen LogP contribution is 2.79. The van der Waals surface area contributed by atoms with Gasteiger partial charge in [-0.05, 0) is 24.2 Å². The molecule has 1 N–H and O–H groups in total. The number of carbonyl (C=O) groups excluding carboxylic acids is 2. The number of aliphatic hydroxyl groups excluding tert-OH is 1. The SMILES string of the molecule is CC1C2C(=O)N(CO)C(=O)C2CC2C1C1(Cl)C(Cl)=C(Cl)C2(Cl)C1(Cl)Cl. The Morgan fingerprint density at radius 2 is 1.64 bits per heavy atom. The number of fused-ring (bicyclic) bond motifs is 6. The molecule has 1 aliphatic heterocycles. The molecular formula is C15H13Cl6NO3. The van der Waals surface area contributed by atoms with Crippen molar-refractivity contribution in [2.75, 3.05) is 6.73 Å². The first-order valence-corrected chi connectivity index (χ1v) is 10.0. The first kappa shape index (κ1) is 18.9. The minimum absolute atomic E-state index is 0.0955. The van der Waals surface area contributed by atoms with Gasteiger partial charge in [-0.2, -0.15) is 0 Å². The van der Waals surface area contributed by atoms with Crippen molar-refractivity contribution < 1.29 is 14.7 Å². The van der Waals surface area contributed by atoms with Gasteiger partial charge in [0.15, 0.2) is 4.33 Å². The van der Waals surface area contributed by atoms with Gasteiger partial charge in [-0.1, -0.05) is 53.3 Å². The number of rotatable bonds is 1. The van der Waals surface area contributed by atoms with Crippen LogP contribution in [0.1, 0.15) is 13.3 Å². The summed E-state index contributed by atoms with van der Waals surface area (Å²) in [5.74, 6) is -3.31. The van der Waals surface area contributed by atoms with Crippen molar-refractivity contribution in [3.8, 4) is 0 Å². The number of nitrogens with zero attached hydrogens (tertiary/aromatic N) is 1. The third kappa shape index (κ3) is 1.75. The van der Waals surface area contributed by atoms with Crippen molar-refractivity contribution in [3.05, 3.63) is 10.1 Å². The smallest absolute Gasteiger partial charge is 0.235 e. The number of hydrogen-bond donors (Lipinski definition) is 1. The molecule has 3 fully saturated rings. The maximum absolute atomic E-state index is 12.6. The second-order valence-electron chi connectivity index (χ2n) is 7.23. The van der Waals surface area contributed by atoms with Crippen molar-refractivity contribution in [2.45, 2.75) is 27.4 Å². The summed E-state index contributed by atoms with van der Waals surface area (Å²) in [5.41, 5.74) is 0. The zero-order valence-electron chi connectivity index (χ0n) is 12.8. The maximum Gasteiger partial charge on any atom is 0.235 e. The quantitative estimate of drug-likeness (QED) is 0.473. The molecule has 2 bridgehead atoms.